The highest BCUT2D eigenvalue weighted by Crippen LogP contribution is 2.35. The van der Waals surface area contributed by atoms with Gasteiger partial charge in [-0.3, -0.25) is 4.79 Å². The van der Waals surface area contributed by atoms with Crippen LogP contribution in [0, 0.1) is 6.92 Å². The fraction of sp³-hybridized carbons (Fsp3) is 0.235. The number of nitrogens with one attached hydrogen (secondary N) is 2. The van der Waals surface area contributed by atoms with Crippen LogP contribution in [0.3, 0.4) is 0 Å². The molecule has 0 atom stereocenters. The van der Waals surface area contributed by atoms with Gasteiger partial charge in [-0.1, -0.05) is 29.3 Å². The van der Waals surface area contributed by atoms with Crippen molar-refractivity contribution in [3.05, 3.63) is 47.0 Å². The molecule has 0 aliphatic rings. The number of amides is 1. The SMILES string of the molecule is COc1cc(NCC(=O)Nc2ccc(C)cc2)c(OC)cc1Cl. The third kappa shape index (κ3) is 4.53. The molecule has 2 aromatic rings. The Bertz CT molecular complexity index is 687. The van der Waals surface area contributed by atoms with Crippen molar-refractivity contribution in [1.29, 1.82) is 0 Å². The first kappa shape index (κ1) is 17.0. The van der Waals surface area contributed by atoms with E-state index in [-0.39, 0.29) is 12.5 Å². The summed E-state index contributed by atoms with van der Waals surface area (Å²) in [4.78, 5) is 12.0. The lowest BCUT2D eigenvalue weighted by Gasteiger charge is -2.14. The van der Waals surface area contributed by atoms with E-state index in [9.17, 15) is 4.79 Å². The number of carbonyl (C=O) groups excluding carboxylic acids is 1. The Hall–Kier alpha value is -2.40. The van der Waals surface area contributed by atoms with E-state index in [1.165, 1.54) is 14.2 Å². The van der Waals surface area contributed by atoms with Crippen molar-refractivity contribution in [2.75, 3.05) is 31.4 Å². The van der Waals surface area contributed by atoms with Crippen molar-refractivity contribution in [3.8, 4) is 11.5 Å². The zero-order valence-corrected chi connectivity index (χ0v) is 14.0. The normalized spacial score (nSPS) is 10.1. The van der Waals surface area contributed by atoms with Crippen LogP contribution < -0.4 is 20.1 Å². The number of hydrogen-bond acceptors (Lipinski definition) is 4. The molecule has 0 fully saturated rings. The van der Waals surface area contributed by atoms with E-state index in [1.807, 2.05) is 31.2 Å². The predicted octanol–water partition coefficient (Wildman–Crippen LogP) is 3.72. The van der Waals surface area contributed by atoms with Crippen LogP contribution in [0.1, 0.15) is 5.56 Å². The number of methoxy groups -OCH3 is 2. The lowest BCUT2D eigenvalue weighted by atomic mass is 10.2. The molecule has 0 bridgehead atoms. The predicted molar refractivity (Wildman–Crippen MR) is 92.9 cm³/mol. The molecule has 5 nitrogen and oxygen atoms in total. The van der Waals surface area contributed by atoms with Crippen molar-refractivity contribution in [3.63, 3.8) is 0 Å². The van der Waals surface area contributed by atoms with Crippen molar-refractivity contribution in [1.82, 2.24) is 0 Å². The number of ether oxygens (including phenoxy) is 2. The molecule has 23 heavy (non-hydrogen) atoms. The third-order valence-electron chi connectivity index (χ3n) is 3.25. The van der Waals surface area contributed by atoms with Crippen LogP contribution in [0.25, 0.3) is 0 Å². The number of anilines is 2. The smallest absolute Gasteiger partial charge is 0.243 e. The summed E-state index contributed by atoms with van der Waals surface area (Å²) in [5, 5.41) is 6.28. The number of rotatable bonds is 6. The van der Waals surface area contributed by atoms with Crippen molar-refractivity contribution in [2.45, 2.75) is 6.92 Å². The molecule has 0 aliphatic carbocycles. The van der Waals surface area contributed by atoms with Crippen LogP contribution in [0.2, 0.25) is 5.02 Å². The fourth-order valence-electron chi connectivity index (χ4n) is 2.02. The second kappa shape index (κ2) is 7.74. The van der Waals surface area contributed by atoms with Gasteiger partial charge in [0.1, 0.15) is 11.5 Å². The average molecular weight is 335 g/mol. The van der Waals surface area contributed by atoms with Crippen LogP contribution in [0.4, 0.5) is 11.4 Å². The van der Waals surface area contributed by atoms with Crippen LogP contribution >= 0.6 is 11.6 Å². The van der Waals surface area contributed by atoms with Gasteiger partial charge in [-0.15, -0.1) is 0 Å². The topological polar surface area (TPSA) is 59.6 Å². The zero-order chi connectivity index (χ0) is 16.8. The molecule has 0 saturated carbocycles. The molecular weight excluding hydrogens is 316 g/mol. The van der Waals surface area contributed by atoms with E-state index in [0.29, 0.717) is 22.2 Å². The van der Waals surface area contributed by atoms with Gasteiger partial charge in [0.25, 0.3) is 0 Å². The Kier molecular flexibility index (Phi) is 5.71. The quantitative estimate of drug-likeness (QED) is 0.845. The summed E-state index contributed by atoms with van der Waals surface area (Å²) >= 11 is 6.05. The Balaban J connectivity index is 2.02. The van der Waals surface area contributed by atoms with E-state index in [1.54, 1.807) is 12.1 Å². The monoisotopic (exact) mass is 334 g/mol. The molecule has 2 rings (SSSR count). The van der Waals surface area contributed by atoms with Crippen molar-refractivity contribution in [2.24, 2.45) is 0 Å². The standard InChI is InChI=1S/C17H19ClN2O3/c1-11-4-6-12(7-5-11)20-17(21)10-19-14-9-15(22-2)13(18)8-16(14)23-3/h4-9,19H,10H2,1-3H3,(H,20,21). The highest BCUT2D eigenvalue weighted by Gasteiger charge is 2.11. The molecule has 2 N–H and O–H groups in total. The minimum Gasteiger partial charge on any atom is -0.495 e. The molecule has 6 heteroatoms. The van der Waals surface area contributed by atoms with Crippen molar-refractivity contribution < 1.29 is 14.3 Å². The number of benzene rings is 2. The van der Waals surface area contributed by atoms with Crippen molar-refractivity contribution >= 4 is 28.9 Å². The molecule has 0 aliphatic heterocycles. The number of aryl methyl sites for hydroxylation is 1. The Morgan fingerprint density at radius 2 is 1.74 bits per heavy atom. The molecule has 122 valence electrons. The summed E-state index contributed by atoms with van der Waals surface area (Å²) in [6.07, 6.45) is 0. The molecular formula is C17H19ClN2O3. The van der Waals surface area contributed by atoms with Crippen LogP contribution in [0.15, 0.2) is 36.4 Å². The Morgan fingerprint density at radius 3 is 2.35 bits per heavy atom. The Labute approximate surface area is 140 Å². The van der Waals surface area contributed by atoms with Gasteiger partial charge in [-0.2, -0.15) is 0 Å². The van der Waals surface area contributed by atoms with Gasteiger partial charge in [0.05, 0.1) is 31.5 Å². The summed E-state index contributed by atoms with van der Waals surface area (Å²) in [6.45, 7) is 2.09. The molecule has 0 spiro atoms. The molecule has 0 saturated heterocycles. The number of carbonyl (C=O) groups is 1. The van der Waals surface area contributed by atoms with E-state index in [4.69, 9.17) is 21.1 Å². The minimum absolute atomic E-state index is 0.0923. The van der Waals surface area contributed by atoms with Gasteiger partial charge in [0.15, 0.2) is 0 Å². The molecule has 0 heterocycles. The number of hydrogen-bond donors (Lipinski definition) is 2. The summed E-state index contributed by atoms with van der Waals surface area (Å²) in [5.41, 5.74) is 2.52. The number of halogens is 1. The fourth-order valence-corrected chi connectivity index (χ4v) is 2.25. The zero-order valence-electron chi connectivity index (χ0n) is 13.3. The molecule has 0 unspecified atom stereocenters. The maximum atomic E-state index is 12.0. The maximum absolute atomic E-state index is 12.0. The first-order chi connectivity index (χ1) is 11.0. The van der Waals surface area contributed by atoms with Crippen LogP contribution in [0.5, 0.6) is 11.5 Å². The maximum Gasteiger partial charge on any atom is 0.243 e. The second-order valence-corrected chi connectivity index (χ2v) is 5.36. The summed E-state index contributed by atoms with van der Waals surface area (Å²) in [5.74, 6) is 0.887. The first-order valence-electron chi connectivity index (χ1n) is 7.05. The lowest BCUT2D eigenvalue weighted by Crippen LogP contribution is -2.22. The van der Waals surface area contributed by atoms with Gasteiger partial charge >= 0.3 is 0 Å². The third-order valence-corrected chi connectivity index (χ3v) is 3.54. The van der Waals surface area contributed by atoms with E-state index >= 15 is 0 Å². The summed E-state index contributed by atoms with van der Waals surface area (Å²) in [6, 6.07) is 10.9. The second-order valence-electron chi connectivity index (χ2n) is 4.95. The first-order valence-corrected chi connectivity index (χ1v) is 7.43. The largest absolute Gasteiger partial charge is 0.495 e. The van der Waals surface area contributed by atoms with Gasteiger partial charge < -0.3 is 20.1 Å². The lowest BCUT2D eigenvalue weighted by molar-refractivity contribution is -0.114. The highest BCUT2D eigenvalue weighted by atomic mass is 35.5. The van der Waals surface area contributed by atoms with Gasteiger partial charge in [0.2, 0.25) is 5.91 Å². The van der Waals surface area contributed by atoms with E-state index < -0.39 is 0 Å². The van der Waals surface area contributed by atoms with Gasteiger partial charge in [-0.25, -0.2) is 0 Å². The molecule has 1 amide bonds. The molecule has 2 aromatic carbocycles. The summed E-state index contributed by atoms with van der Waals surface area (Å²) < 4.78 is 10.4. The van der Waals surface area contributed by atoms with E-state index in [0.717, 1.165) is 11.3 Å². The van der Waals surface area contributed by atoms with Crippen LogP contribution in [-0.2, 0) is 4.79 Å². The highest BCUT2D eigenvalue weighted by molar-refractivity contribution is 6.32. The minimum atomic E-state index is -0.162. The molecule has 0 radical (unpaired) electrons. The van der Waals surface area contributed by atoms with E-state index in [2.05, 4.69) is 10.6 Å². The van der Waals surface area contributed by atoms with Crippen LogP contribution in [-0.4, -0.2) is 26.7 Å². The van der Waals surface area contributed by atoms with Gasteiger partial charge in [0, 0.05) is 17.8 Å². The Morgan fingerprint density at radius 1 is 1.09 bits per heavy atom. The van der Waals surface area contributed by atoms with Gasteiger partial charge in [-0.05, 0) is 19.1 Å². The average Bonchev–Trinajstić information content (AvgIpc) is 2.55. The summed E-state index contributed by atoms with van der Waals surface area (Å²) in [7, 11) is 3.07. The molecule has 0 aromatic heterocycles.